The summed E-state index contributed by atoms with van der Waals surface area (Å²) in [5.74, 6) is -0.335. The first kappa shape index (κ1) is 15.4. The van der Waals surface area contributed by atoms with Crippen LogP contribution in [-0.2, 0) is 16.6 Å². The van der Waals surface area contributed by atoms with Gasteiger partial charge in [-0.2, -0.15) is 0 Å². The van der Waals surface area contributed by atoms with E-state index in [0.29, 0.717) is 15.8 Å². The Balaban J connectivity index is 2.12. The SMILES string of the molecule is NS(=O)(=O)c1cccc(CNC(=O)c2ccc[nH]c2=S)c1. The maximum absolute atomic E-state index is 12.0. The number of rotatable bonds is 4. The zero-order valence-corrected chi connectivity index (χ0v) is 12.5. The highest BCUT2D eigenvalue weighted by atomic mass is 32.2. The lowest BCUT2D eigenvalue weighted by Crippen LogP contribution is -2.23. The quantitative estimate of drug-likeness (QED) is 0.738. The smallest absolute Gasteiger partial charge is 0.254 e. The number of benzene rings is 1. The lowest BCUT2D eigenvalue weighted by molar-refractivity contribution is 0.0950. The van der Waals surface area contributed by atoms with Crippen molar-refractivity contribution < 1.29 is 13.2 Å². The Hall–Kier alpha value is -2.03. The third-order valence-corrected chi connectivity index (χ3v) is 3.99. The molecule has 21 heavy (non-hydrogen) atoms. The number of nitrogens with one attached hydrogen (secondary N) is 2. The van der Waals surface area contributed by atoms with Crippen LogP contribution < -0.4 is 10.5 Å². The van der Waals surface area contributed by atoms with Gasteiger partial charge in [-0.3, -0.25) is 4.79 Å². The zero-order chi connectivity index (χ0) is 15.5. The van der Waals surface area contributed by atoms with Gasteiger partial charge in [0.05, 0.1) is 10.5 Å². The van der Waals surface area contributed by atoms with Crippen LogP contribution in [0.3, 0.4) is 0 Å². The maximum Gasteiger partial charge on any atom is 0.254 e. The maximum atomic E-state index is 12.0. The number of carbonyl (C=O) groups is 1. The van der Waals surface area contributed by atoms with Crippen LogP contribution in [0.4, 0.5) is 0 Å². The summed E-state index contributed by atoms with van der Waals surface area (Å²) < 4.78 is 22.9. The Morgan fingerprint density at radius 2 is 2.05 bits per heavy atom. The number of amides is 1. The van der Waals surface area contributed by atoms with E-state index in [4.69, 9.17) is 17.4 Å². The molecular weight excluding hydrogens is 310 g/mol. The first-order valence-electron chi connectivity index (χ1n) is 5.95. The number of aromatic nitrogens is 1. The molecule has 0 saturated heterocycles. The summed E-state index contributed by atoms with van der Waals surface area (Å²) >= 11 is 5.02. The molecule has 6 nitrogen and oxygen atoms in total. The van der Waals surface area contributed by atoms with E-state index in [-0.39, 0.29) is 17.3 Å². The van der Waals surface area contributed by atoms with Crippen LogP contribution in [0, 0.1) is 4.64 Å². The van der Waals surface area contributed by atoms with Gasteiger partial charge in [-0.25, -0.2) is 13.6 Å². The van der Waals surface area contributed by atoms with E-state index in [1.807, 2.05) is 0 Å². The fourth-order valence-corrected chi connectivity index (χ4v) is 2.52. The first-order valence-corrected chi connectivity index (χ1v) is 7.91. The minimum Gasteiger partial charge on any atom is -0.352 e. The molecule has 0 saturated carbocycles. The van der Waals surface area contributed by atoms with Crippen LogP contribution in [0.5, 0.6) is 0 Å². The molecule has 1 heterocycles. The van der Waals surface area contributed by atoms with E-state index in [1.165, 1.54) is 12.1 Å². The van der Waals surface area contributed by atoms with Gasteiger partial charge in [0.15, 0.2) is 0 Å². The standard InChI is InChI=1S/C13H13N3O3S2/c14-21(18,19)10-4-1-3-9(7-10)8-16-12(17)11-5-2-6-15-13(11)20/h1-7H,8H2,(H,15,20)(H,16,17)(H2,14,18,19). The fourth-order valence-electron chi connectivity index (χ4n) is 1.71. The Morgan fingerprint density at radius 1 is 1.29 bits per heavy atom. The summed E-state index contributed by atoms with van der Waals surface area (Å²) in [4.78, 5) is 14.8. The second-order valence-corrected chi connectivity index (χ2v) is 6.26. The summed E-state index contributed by atoms with van der Waals surface area (Å²) in [5.41, 5.74) is 0.982. The lowest BCUT2D eigenvalue weighted by atomic mass is 10.2. The molecule has 110 valence electrons. The largest absolute Gasteiger partial charge is 0.352 e. The average molecular weight is 323 g/mol. The molecular formula is C13H13N3O3S2. The van der Waals surface area contributed by atoms with Crippen molar-refractivity contribution in [2.24, 2.45) is 5.14 Å². The minimum atomic E-state index is -3.76. The van der Waals surface area contributed by atoms with Crippen LogP contribution in [-0.4, -0.2) is 19.3 Å². The van der Waals surface area contributed by atoms with Crippen molar-refractivity contribution >= 4 is 28.1 Å². The monoisotopic (exact) mass is 323 g/mol. The summed E-state index contributed by atoms with van der Waals surface area (Å²) in [6.45, 7) is 0.172. The van der Waals surface area contributed by atoms with Crippen molar-refractivity contribution in [3.8, 4) is 0 Å². The van der Waals surface area contributed by atoms with Crippen molar-refractivity contribution in [2.45, 2.75) is 11.4 Å². The van der Waals surface area contributed by atoms with Gasteiger partial charge in [-0.05, 0) is 29.8 Å². The molecule has 0 radical (unpaired) electrons. The van der Waals surface area contributed by atoms with Crippen LogP contribution in [0.15, 0.2) is 47.5 Å². The molecule has 1 amide bonds. The van der Waals surface area contributed by atoms with Gasteiger partial charge < -0.3 is 10.3 Å². The third-order valence-electron chi connectivity index (χ3n) is 2.74. The topological polar surface area (TPSA) is 105 Å². The van der Waals surface area contributed by atoms with Crippen molar-refractivity contribution in [3.63, 3.8) is 0 Å². The van der Waals surface area contributed by atoms with Gasteiger partial charge in [0.25, 0.3) is 5.91 Å². The molecule has 0 atom stereocenters. The van der Waals surface area contributed by atoms with Gasteiger partial charge in [-0.15, -0.1) is 0 Å². The Bertz CT molecular complexity index is 828. The first-order chi connectivity index (χ1) is 9.88. The second kappa shape index (κ2) is 6.17. The summed E-state index contributed by atoms with van der Waals surface area (Å²) in [6, 6.07) is 9.35. The summed E-state index contributed by atoms with van der Waals surface area (Å²) in [5, 5.41) is 7.73. The van der Waals surface area contributed by atoms with E-state index in [0.717, 1.165) is 0 Å². The minimum absolute atomic E-state index is 0.00579. The predicted octanol–water partition coefficient (Wildman–Crippen LogP) is 1.32. The molecule has 0 aliphatic carbocycles. The molecule has 2 rings (SSSR count). The molecule has 2 aromatic rings. The van der Waals surface area contributed by atoms with Crippen molar-refractivity contribution in [1.29, 1.82) is 0 Å². The van der Waals surface area contributed by atoms with Crippen molar-refractivity contribution in [3.05, 3.63) is 58.4 Å². The number of hydrogen-bond acceptors (Lipinski definition) is 4. The number of hydrogen-bond donors (Lipinski definition) is 3. The molecule has 0 spiro atoms. The molecule has 0 unspecified atom stereocenters. The number of primary sulfonamides is 1. The number of sulfonamides is 1. The number of carbonyl (C=O) groups excluding carboxylic acids is 1. The molecule has 0 aliphatic rings. The third kappa shape index (κ3) is 3.97. The number of pyridine rings is 1. The number of aromatic amines is 1. The second-order valence-electron chi connectivity index (χ2n) is 4.29. The molecule has 4 N–H and O–H groups in total. The van der Waals surface area contributed by atoms with E-state index >= 15 is 0 Å². The van der Waals surface area contributed by atoms with Gasteiger partial charge in [0.2, 0.25) is 10.0 Å². The van der Waals surface area contributed by atoms with E-state index in [1.54, 1.807) is 30.5 Å². The highest BCUT2D eigenvalue weighted by Gasteiger charge is 2.10. The van der Waals surface area contributed by atoms with E-state index in [9.17, 15) is 13.2 Å². The van der Waals surface area contributed by atoms with Crippen LogP contribution in [0.2, 0.25) is 0 Å². The molecule has 0 bridgehead atoms. The van der Waals surface area contributed by atoms with Crippen molar-refractivity contribution in [1.82, 2.24) is 10.3 Å². The Morgan fingerprint density at radius 3 is 2.71 bits per heavy atom. The highest BCUT2D eigenvalue weighted by Crippen LogP contribution is 2.10. The lowest BCUT2D eigenvalue weighted by Gasteiger charge is -2.06. The van der Waals surface area contributed by atoms with Gasteiger partial charge in [-0.1, -0.05) is 24.4 Å². The van der Waals surface area contributed by atoms with Crippen LogP contribution in [0.25, 0.3) is 0 Å². The predicted molar refractivity (Wildman–Crippen MR) is 80.6 cm³/mol. The fraction of sp³-hybridized carbons (Fsp3) is 0.0769. The van der Waals surface area contributed by atoms with E-state index in [2.05, 4.69) is 10.3 Å². The molecule has 0 aliphatic heterocycles. The Kier molecular flexibility index (Phi) is 4.51. The van der Waals surface area contributed by atoms with E-state index < -0.39 is 10.0 Å². The molecule has 8 heteroatoms. The van der Waals surface area contributed by atoms with Crippen LogP contribution in [0.1, 0.15) is 15.9 Å². The highest BCUT2D eigenvalue weighted by molar-refractivity contribution is 7.89. The van der Waals surface area contributed by atoms with Gasteiger partial charge in [0.1, 0.15) is 4.64 Å². The van der Waals surface area contributed by atoms with Gasteiger partial charge in [0, 0.05) is 12.7 Å². The van der Waals surface area contributed by atoms with Crippen molar-refractivity contribution in [2.75, 3.05) is 0 Å². The molecule has 1 aromatic heterocycles. The summed E-state index contributed by atoms with van der Waals surface area (Å²) in [6.07, 6.45) is 1.63. The normalized spacial score (nSPS) is 11.1. The molecule has 1 aromatic carbocycles. The molecule has 0 fully saturated rings. The summed E-state index contributed by atoms with van der Waals surface area (Å²) in [7, 11) is -3.76. The van der Waals surface area contributed by atoms with Crippen LogP contribution >= 0.6 is 12.2 Å². The number of H-pyrrole nitrogens is 1. The zero-order valence-electron chi connectivity index (χ0n) is 10.9. The average Bonchev–Trinajstić information content (AvgIpc) is 2.45. The number of nitrogens with two attached hydrogens (primary N) is 1. The van der Waals surface area contributed by atoms with Gasteiger partial charge >= 0.3 is 0 Å². The Labute approximate surface area is 127 Å².